The lowest BCUT2D eigenvalue weighted by molar-refractivity contribution is -0.295. The molecule has 4 bridgehead atoms. The maximum atomic E-state index is 15.8. The van der Waals surface area contributed by atoms with Gasteiger partial charge in [0.15, 0.2) is 17.5 Å². The number of carbonyl (C=O) groups excluding carboxylic acids is 3. The number of carbonyl (C=O) groups is 3. The Balaban J connectivity index is 1.06. The molecule has 13 nitrogen and oxygen atoms in total. The zero-order chi connectivity index (χ0) is 45.1. The molecule has 5 saturated heterocycles. The average molecular weight is 895 g/mol. The van der Waals surface area contributed by atoms with Gasteiger partial charge in [-0.05, 0) is 101 Å². The summed E-state index contributed by atoms with van der Waals surface area (Å²) in [5.74, 6) is 4.67. The predicted molar refractivity (Wildman–Crippen MR) is 234 cm³/mol. The Morgan fingerprint density at radius 3 is 2.63 bits per heavy atom. The summed E-state index contributed by atoms with van der Waals surface area (Å²) in [4.78, 5) is 44.1. The van der Waals surface area contributed by atoms with E-state index in [1.807, 2.05) is 26.0 Å². The van der Waals surface area contributed by atoms with Crippen molar-refractivity contribution in [1.82, 2.24) is 10.6 Å². The van der Waals surface area contributed by atoms with Crippen molar-refractivity contribution in [3.63, 3.8) is 0 Å². The van der Waals surface area contributed by atoms with Crippen molar-refractivity contribution in [2.24, 2.45) is 51.8 Å². The van der Waals surface area contributed by atoms with Crippen LogP contribution in [-0.2, 0) is 51.8 Å². The predicted octanol–water partition coefficient (Wildman–Crippen LogP) is 4.52. The number of hydrogen-bond donors (Lipinski definition) is 5. The van der Waals surface area contributed by atoms with Crippen molar-refractivity contribution >= 4 is 17.7 Å². The SMILES string of the molecule is CC1(C)OC2CC(=O)OCC23C1C(=O)C(O)C12C4CC(Cc5ccccc5)CCC4C#CCC4(c5ccoc5CC(CCCCC5CNCN5)C(O)CO)OC(=O)C5OC51C4(C)CCC32. The first-order valence-electron chi connectivity index (χ1n) is 24.6. The van der Waals surface area contributed by atoms with Crippen LogP contribution in [0.5, 0.6) is 0 Å². The van der Waals surface area contributed by atoms with Gasteiger partial charge in [-0.1, -0.05) is 61.9 Å². The fraction of sp³-hybridized carbons (Fsp3) is 0.712. The van der Waals surface area contributed by atoms with Gasteiger partial charge in [-0.15, -0.1) is 0 Å². The summed E-state index contributed by atoms with van der Waals surface area (Å²) in [5, 5.41) is 42.0. The maximum Gasteiger partial charge on any atom is 0.339 e. The van der Waals surface area contributed by atoms with Gasteiger partial charge < -0.3 is 49.3 Å². The Kier molecular flexibility index (Phi) is 10.6. The van der Waals surface area contributed by atoms with Crippen LogP contribution in [0.1, 0.15) is 108 Å². The molecule has 9 aliphatic rings. The third-order valence-corrected chi connectivity index (χ3v) is 18.9. The molecule has 5 N–H and O–H groups in total. The molecule has 3 spiro atoms. The summed E-state index contributed by atoms with van der Waals surface area (Å²) >= 11 is 0. The topological polar surface area (TPSA) is 189 Å². The Hall–Kier alpha value is -3.61. The number of hydrogen-bond acceptors (Lipinski definition) is 13. The maximum absolute atomic E-state index is 15.8. The summed E-state index contributed by atoms with van der Waals surface area (Å²) in [6, 6.07) is 12.7. The molecule has 4 aliphatic carbocycles. The van der Waals surface area contributed by atoms with Gasteiger partial charge in [-0.2, -0.15) is 0 Å². The van der Waals surface area contributed by atoms with E-state index in [1.165, 1.54) is 5.56 Å². The van der Waals surface area contributed by atoms with Gasteiger partial charge in [0.1, 0.15) is 24.1 Å². The highest BCUT2D eigenvalue weighted by molar-refractivity contribution is 5.92. The van der Waals surface area contributed by atoms with E-state index in [9.17, 15) is 20.1 Å². The van der Waals surface area contributed by atoms with Crippen molar-refractivity contribution in [2.75, 3.05) is 26.4 Å². The largest absolute Gasteiger partial charge is 0.469 e. The molecular weight excluding hydrogens is 829 g/mol. The average Bonchev–Trinajstić information content (AvgIpc) is 3.52. The lowest BCUT2D eigenvalue weighted by Crippen LogP contribution is -2.81. The number of unbranched alkanes of at least 4 members (excludes halogenated alkanes) is 1. The lowest BCUT2D eigenvalue weighted by Gasteiger charge is -2.71. The van der Waals surface area contributed by atoms with Crippen LogP contribution >= 0.6 is 0 Å². The Labute approximate surface area is 381 Å². The molecule has 1 aromatic carbocycles. The zero-order valence-electron chi connectivity index (χ0n) is 38.0. The van der Waals surface area contributed by atoms with Crippen LogP contribution in [0.25, 0.3) is 0 Å². The normalized spacial score (nSPS) is 43.9. The molecule has 6 heterocycles. The molecule has 1 aromatic heterocycles. The number of benzene rings is 1. The van der Waals surface area contributed by atoms with Crippen molar-refractivity contribution in [3.05, 3.63) is 59.5 Å². The van der Waals surface area contributed by atoms with Crippen LogP contribution in [0.15, 0.2) is 47.1 Å². The van der Waals surface area contributed by atoms with Crippen LogP contribution < -0.4 is 10.6 Å². The van der Waals surface area contributed by atoms with Crippen LogP contribution in [0.4, 0.5) is 0 Å². The number of fused-ring (bicyclic) bond motifs is 1. The second kappa shape index (κ2) is 15.7. The Bertz CT molecular complexity index is 2260. The third kappa shape index (κ3) is 6.06. The number of furan rings is 1. The molecule has 5 aliphatic heterocycles. The van der Waals surface area contributed by atoms with E-state index in [1.54, 1.807) is 6.26 Å². The van der Waals surface area contributed by atoms with Crippen molar-refractivity contribution in [1.29, 1.82) is 0 Å². The highest BCUT2D eigenvalue weighted by Crippen LogP contribution is 2.84. The molecule has 3 saturated carbocycles. The lowest BCUT2D eigenvalue weighted by atomic mass is 9.31. The van der Waals surface area contributed by atoms with Crippen LogP contribution in [-0.4, -0.2) is 101 Å². The molecule has 0 amide bonds. The fourth-order valence-electron chi connectivity index (χ4n) is 16.4. The van der Waals surface area contributed by atoms with Gasteiger partial charge in [-0.25, -0.2) is 4.79 Å². The van der Waals surface area contributed by atoms with Crippen LogP contribution in [0, 0.1) is 63.6 Å². The van der Waals surface area contributed by atoms with E-state index < -0.39 is 81.9 Å². The standard InChI is InChI=1S/C52H66N2O11/c1-47(2)43-42(58)44(59)51-36-23-31(22-30-10-5-4-6-11-30)15-16-32(36)13-9-19-50(35-18-21-61-38(35)24-33(37(56)27-55)12-7-8-14-34-26-53-29-54-34)48(3,52(51)45(64-52)46(60)65-50)20-17-39(51)49(43)28-62-41(57)25-40(49)63-47/h4-6,10-11,18,21,31-34,36-37,39-40,43-45,53-56,59H,7-8,12,14-17,19-20,22-29H2,1-3H3. The molecule has 2 aromatic rings. The van der Waals surface area contributed by atoms with Gasteiger partial charge >= 0.3 is 11.9 Å². The van der Waals surface area contributed by atoms with E-state index in [2.05, 4.69) is 53.7 Å². The van der Waals surface area contributed by atoms with E-state index >= 15 is 9.59 Å². The zero-order valence-corrected chi connectivity index (χ0v) is 38.0. The molecule has 8 fully saturated rings. The summed E-state index contributed by atoms with van der Waals surface area (Å²) < 4.78 is 33.4. The molecule has 0 radical (unpaired) electrons. The number of esters is 2. The van der Waals surface area contributed by atoms with E-state index in [0.717, 1.165) is 51.7 Å². The van der Waals surface area contributed by atoms with E-state index in [0.29, 0.717) is 49.5 Å². The van der Waals surface area contributed by atoms with E-state index in [-0.39, 0.29) is 54.9 Å². The minimum absolute atomic E-state index is 0.00509. The fourth-order valence-corrected chi connectivity index (χ4v) is 16.4. The number of ketones is 1. The molecule has 16 unspecified atom stereocenters. The van der Waals surface area contributed by atoms with Crippen LogP contribution in [0.2, 0.25) is 0 Å². The number of Topliss-reactive ketones (excluding diaryl/α,β-unsaturated/α-hetero) is 1. The summed E-state index contributed by atoms with van der Waals surface area (Å²) in [5.41, 5.74) is -5.33. The number of epoxide rings is 1. The summed E-state index contributed by atoms with van der Waals surface area (Å²) in [7, 11) is 0. The number of aliphatic hydroxyl groups is 3. The highest BCUT2D eigenvalue weighted by atomic mass is 16.7. The molecule has 16 atom stereocenters. The first kappa shape index (κ1) is 43.9. The number of ether oxygens (including phenoxy) is 4. The smallest absolute Gasteiger partial charge is 0.339 e. The molecule has 13 heteroatoms. The van der Waals surface area contributed by atoms with Gasteiger partial charge in [0.25, 0.3) is 0 Å². The van der Waals surface area contributed by atoms with Gasteiger partial charge in [-0.3, -0.25) is 9.59 Å². The Morgan fingerprint density at radius 2 is 1.85 bits per heavy atom. The van der Waals surface area contributed by atoms with Gasteiger partial charge in [0, 0.05) is 53.4 Å². The number of aliphatic hydroxyl groups excluding tert-OH is 3. The number of cyclic esters (lactones) is 1. The van der Waals surface area contributed by atoms with Crippen molar-refractivity contribution in [2.45, 2.75) is 152 Å². The number of rotatable bonds is 12. The monoisotopic (exact) mass is 894 g/mol. The third-order valence-electron chi connectivity index (χ3n) is 18.9. The minimum Gasteiger partial charge on any atom is -0.469 e. The van der Waals surface area contributed by atoms with Crippen molar-refractivity contribution < 1.29 is 53.1 Å². The second-order valence-electron chi connectivity index (χ2n) is 22.1. The minimum atomic E-state index is -1.54. The Morgan fingerprint density at radius 1 is 1.02 bits per heavy atom. The van der Waals surface area contributed by atoms with Crippen molar-refractivity contribution in [3.8, 4) is 11.8 Å². The van der Waals surface area contributed by atoms with Gasteiger partial charge in [0.05, 0.1) is 49.4 Å². The molecule has 350 valence electrons. The molecule has 11 rings (SSSR count). The van der Waals surface area contributed by atoms with Gasteiger partial charge in [0.2, 0.25) is 0 Å². The second-order valence-corrected chi connectivity index (χ2v) is 22.1. The quantitative estimate of drug-likeness (QED) is 0.0868. The van der Waals surface area contributed by atoms with E-state index in [4.69, 9.17) is 23.4 Å². The van der Waals surface area contributed by atoms with Crippen LogP contribution in [0.3, 0.4) is 0 Å². The molecule has 65 heavy (non-hydrogen) atoms. The first-order chi connectivity index (χ1) is 31.3. The highest BCUT2D eigenvalue weighted by Gasteiger charge is 2.95. The summed E-state index contributed by atoms with van der Waals surface area (Å²) in [6.45, 7) is 7.23. The number of nitrogens with one attached hydrogen (secondary N) is 2. The summed E-state index contributed by atoms with van der Waals surface area (Å²) in [6.07, 6.45) is 5.41. The first-order valence-corrected chi connectivity index (χ1v) is 24.6. The molecular formula is C52H66N2O11.